The van der Waals surface area contributed by atoms with Crippen molar-refractivity contribution in [3.8, 4) is 0 Å². The lowest BCUT2D eigenvalue weighted by Crippen LogP contribution is -2.11. The molecule has 0 rings (SSSR count). The van der Waals surface area contributed by atoms with E-state index in [0.29, 0.717) is 0 Å². The molecule has 0 spiro atoms. The average Bonchev–Trinajstić information content (AvgIpc) is 2.63. The number of ether oxygens (including phenoxy) is 2. The number of ketones is 1. The molecule has 0 bridgehead atoms. The van der Waals surface area contributed by atoms with Crippen LogP contribution in [0.3, 0.4) is 0 Å². The number of carbonyl (C=O) groups is 4. The van der Waals surface area contributed by atoms with E-state index in [4.69, 9.17) is 0 Å². The van der Waals surface area contributed by atoms with Crippen LogP contribution >= 0.6 is 35.7 Å². The van der Waals surface area contributed by atoms with Crippen LogP contribution in [0.5, 0.6) is 0 Å². The van der Waals surface area contributed by atoms with Gasteiger partial charge in [0.05, 0.1) is 7.11 Å². The fraction of sp³-hybridized carbons (Fsp3) is 0.773. The minimum Gasteiger partial charge on any atom is -0.469 e. The Morgan fingerprint density at radius 2 is 0.848 bits per heavy atom. The second-order valence-corrected chi connectivity index (χ2v) is 7.95. The Morgan fingerprint density at radius 3 is 0.848 bits per heavy atom. The van der Waals surface area contributed by atoms with E-state index >= 15 is 0 Å². The van der Waals surface area contributed by atoms with Crippen LogP contribution in [0.4, 0.5) is 0 Å². The minimum atomic E-state index is -0.245. The monoisotopic (exact) mass is 538 g/mol. The number of Topliss-reactive ketones (excluding diaryl/α,β-unsaturated/α-hetero) is 1. The van der Waals surface area contributed by atoms with Crippen LogP contribution in [-0.2, 0) is 28.7 Å². The summed E-state index contributed by atoms with van der Waals surface area (Å²) in [6.45, 7) is 11.2. The molecule has 0 radical (unpaired) electrons. The van der Waals surface area contributed by atoms with Gasteiger partial charge in [0.1, 0.15) is 5.78 Å². The summed E-state index contributed by atoms with van der Waals surface area (Å²) in [7, 11) is 9.95. The molecule has 206 valence electrons. The molecule has 11 heteroatoms. The van der Waals surface area contributed by atoms with Crippen LogP contribution in [0.2, 0.25) is 0 Å². The zero-order valence-corrected chi connectivity index (χ0v) is 25.6. The van der Waals surface area contributed by atoms with Crippen molar-refractivity contribution in [1.82, 2.24) is 10.6 Å². The first-order valence-corrected chi connectivity index (χ1v) is 12.4. The molecule has 0 aromatic heterocycles. The summed E-state index contributed by atoms with van der Waals surface area (Å²) in [5, 5.41) is 5.31. The van der Waals surface area contributed by atoms with Gasteiger partial charge in [-0.2, -0.15) is 11.8 Å². The summed E-state index contributed by atoms with van der Waals surface area (Å²) in [5.41, 5.74) is 0. The molecule has 2 N–H and O–H groups in total. The van der Waals surface area contributed by atoms with Crippen molar-refractivity contribution in [2.75, 3.05) is 61.2 Å². The van der Waals surface area contributed by atoms with Crippen molar-refractivity contribution < 1.29 is 28.7 Å². The van der Waals surface area contributed by atoms with Gasteiger partial charge in [-0.05, 0) is 65.4 Å². The summed E-state index contributed by atoms with van der Waals surface area (Å²) in [5.74, 6) is -0.0741. The highest BCUT2D eigenvalue weighted by Gasteiger charge is 1.77. The molecular formula is C22H54N2O6S3. The molecule has 0 unspecified atom stereocenters. The van der Waals surface area contributed by atoms with Crippen LogP contribution in [0.1, 0.15) is 55.9 Å². The van der Waals surface area contributed by atoms with Gasteiger partial charge in [0.2, 0.25) is 5.91 Å². The number of thioether (sulfide) groups is 2. The zero-order chi connectivity index (χ0) is 28.1. The number of carbonyl (C=O) groups excluding carboxylic acids is 4. The van der Waals surface area contributed by atoms with E-state index in [1.165, 1.54) is 46.6 Å². The highest BCUT2D eigenvalue weighted by atomic mass is 32.2. The van der Waals surface area contributed by atoms with Gasteiger partial charge >= 0.3 is 5.97 Å². The summed E-state index contributed by atoms with van der Waals surface area (Å²) < 4.78 is 8.36. The molecule has 1 amide bonds. The standard InChI is InChI=1S/C3H7NO.C3H6O2.C3H6OS.C3H6O.C3H6S.C2H7N.C2H6O.C2H6S.CH4/c1-3(5)4-2;2*1-3(4)5-2;2*1-3(2)4;3*1-3-2;/h1-2H3,(H,4,5);2*1-2H3;2*1-2H3;3H,1-2H3;2*1-2H3;1H4. The minimum absolute atomic E-state index is 0. The number of nitrogens with one attached hydrogen (secondary N) is 2. The third-order valence-corrected chi connectivity index (χ3v) is 1.50. The Hall–Kier alpha value is -1.01. The third-order valence-electron chi connectivity index (χ3n) is 0.927. The average molecular weight is 539 g/mol. The Morgan fingerprint density at radius 1 is 0.758 bits per heavy atom. The molecule has 0 aliphatic rings. The van der Waals surface area contributed by atoms with Crippen LogP contribution in [0, 0.1) is 0 Å². The van der Waals surface area contributed by atoms with E-state index in [9.17, 15) is 19.2 Å². The number of hydrogen-bond acceptors (Lipinski definition) is 10. The maximum Gasteiger partial charge on any atom is 0.302 e. The summed E-state index contributed by atoms with van der Waals surface area (Å²) in [4.78, 5) is 39.5. The van der Waals surface area contributed by atoms with Crippen molar-refractivity contribution in [1.29, 1.82) is 0 Å². The van der Waals surface area contributed by atoms with Crippen LogP contribution in [0.15, 0.2) is 0 Å². The van der Waals surface area contributed by atoms with E-state index in [1.54, 1.807) is 46.2 Å². The molecule has 0 aliphatic heterocycles. The van der Waals surface area contributed by atoms with Gasteiger partial charge in [-0.15, -0.1) is 0 Å². The van der Waals surface area contributed by atoms with Gasteiger partial charge in [0.15, 0.2) is 5.12 Å². The summed E-state index contributed by atoms with van der Waals surface area (Å²) in [6.07, 6.45) is 5.85. The van der Waals surface area contributed by atoms with Gasteiger partial charge in [-0.3, -0.25) is 14.4 Å². The van der Waals surface area contributed by atoms with Gasteiger partial charge in [-0.25, -0.2) is 0 Å². The molecule has 0 atom stereocenters. The molecule has 0 aromatic rings. The molecule has 0 fully saturated rings. The van der Waals surface area contributed by atoms with Gasteiger partial charge < -0.3 is 24.9 Å². The van der Waals surface area contributed by atoms with E-state index < -0.39 is 0 Å². The van der Waals surface area contributed by atoms with Crippen molar-refractivity contribution in [2.24, 2.45) is 0 Å². The molecule has 0 heterocycles. The van der Waals surface area contributed by atoms with Crippen molar-refractivity contribution in [3.05, 3.63) is 0 Å². The zero-order valence-electron chi connectivity index (χ0n) is 23.2. The van der Waals surface area contributed by atoms with E-state index in [-0.39, 0.29) is 30.2 Å². The fourth-order valence-corrected chi connectivity index (χ4v) is 0. The molecular weight excluding hydrogens is 484 g/mol. The molecule has 0 aromatic carbocycles. The maximum absolute atomic E-state index is 9.78. The largest absolute Gasteiger partial charge is 0.469 e. The lowest BCUT2D eigenvalue weighted by molar-refractivity contribution is -0.138. The van der Waals surface area contributed by atoms with Crippen molar-refractivity contribution >= 4 is 63.4 Å². The lowest BCUT2D eigenvalue weighted by atomic mass is 10.6. The quantitative estimate of drug-likeness (QED) is 0.337. The van der Waals surface area contributed by atoms with Gasteiger partial charge in [0.25, 0.3) is 0 Å². The molecule has 0 saturated heterocycles. The van der Waals surface area contributed by atoms with Crippen molar-refractivity contribution in [2.45, 2.75) is 55.9 Å². The summed E-state index contributed by atoms with van der Waals surface area (Å²) in [6, 6.07) is 0. The normalized spacial score (nSPS) is 6.42. The van der Waals surface area contributed by atoms with Crippen LogP contribution in [0.25, 0.3) is 0 Å². The topological polar surface area (TPSA) is 111 Å². The predicted molar refractivity (Wildman–Crippen MR) is 156 cm³/mol. The Bertz CT molecular complexity index is 340. The van der Waals surface area contributed by atoms with E-state index in [0.717, 1.165) is 4.86 Å². The van der Waals surface area contributed by atoms with Gasteiger partial charge in [-0.1, -0.05) is 31.4 Å². The SMILES string of the molecule is C.CC(C)=O.CC(C)=S.CNC.CNC(C)=O.COC.COC(C)=O.CSC.CSC(C)=O. The number of esters is 1. The van der Waals surface area contributed by atoms with E-state index in [1.807, 2.05) is 40.5 Å². The molecule has 0 saturated carbocycles. The number of hydrogen-bond donors (Lipinski definition) is 2. The number of rotatable bonds is 0. The molecule has 33 heavy (non-hydrogen) atoms. The summed E-state index contributed by atoms with van der Waals surface area (Å²) >= 11 is 7.53. The lowest BCUT2D eigenvalue weighted by Gasteiger charge is -1.80. The Kier molecular flexibility index (Phi) is 123. The van der Waals surface area contributed by atoms with Crippen molar-refractivity contribution in [3.63, 3.8) is 0 Å². The van der Waals surface area contributed by atoms with Gasteiger partial charge in [0, 0.05) is 42.0 Å². The smallest absolute Gasteiger partial charge is 0.302 e. The van der Waals surface area contributed by atoms with Crippen LogP contribution in [-0.4, -0.2) is 88.9 Å². The highest BCUT2D eigenvalue weighted by Crippen LogP contribution is 1.88. The second kappa shape index (κ2) is 69.8. The maximum atomic E-state index is 9.78. The first-order chi connectivity index (χ1) is 14.5. The molecule has 8 nitrogen and oxygen atoms in total. The fourth-order valence-electron chi connectivity index (χ4n) is 0. The Balaban J connectivity index is -0.0000000286. The Labute approximate surface area is 219 Å². The number of thiocarbonyl (C=S) groups is 1. The van der Waals surface area contributed by atoms with Crippen LogP contribution < -0.4 is 10.6 Å². The number of methoxy groups -OCH3 is 2. The third kappa shape index (κ3) is 1050. The first-order valence-electron chi connectivity index (χ1n) is 9.13. The number of amides is 1. The van der Waals surface area contributed by atoms with E-state index in [2.05, 4.69) is 32.3 Å². The second-order valence-electron chi connectivity index (χ2n) is 5.33. The first kappa shape index (κ1) is 58.1. The molecule has 0 aliphatic carbocycles. The predicted octanol–water partition coefficient (Wildman–Crippen LogP) is 4.53. The highest BCUT2D eigenvalue weighted by molar-refractivity contribution is 8.12.